The molecule has 0 bridgehead atoms. The molecule has 0 aliphatic carbocycles. The molecule has 1 aliphatic heterocycles. The SMILES string of the molecule is CCCCN1C(=O)C[C@@](C(=O)OC)([C@@H](C[N+](=O)[O-])c2cccc(OC)c2)C1=O. The van der Waals surface area contributed by atoms with Crippen molar-refractivity contribution in [2.45, 2.75) is 32.1 Å². The van der Waals surface area contributed by atoms with Crippen molar-refractivity contribution in [3.8, 4) is 5.75 Å². The van der Waals surface area contributed by atoms with Crippen molar-refractivity contribution in [3.63, 3.8) is 0 Å². The second kappa shape index (κ2) is 8.81. The van der Waals surface area contributed by atoms with Gasteiger partial charge >= 0.3 is 5.97 Å². The van der Waals surface area contributed by atoms with Crippen molar-refractivity contribution >= 4 is 17.8 Å². The molecule has 1 fully saturated rings. The van der Waals surface area contributed by atoms with E-state index in [2.05, 4.69) is 0 Å². The lowest BCUT2D eigenvalue weighted by atomic mass is 9.70. The average Bonchev–Trinajstić information content (AvgIpc) is 2.94. The highest BCUT2D eigenvalue weighted by atomic mass is 16.6. The lowest BCUT2D eigenvalue weighted by molar-refractivity contribution is -0.485. The van der Waals surface area contributed by atoms with Crippen LogP contribution in [0, 0.1) is 15.5 Å². The molecular formula is C19H24N2O7. The molecule has 2 atom stereocenters. The highest BCUT2D eigenvalue weighted by molar-refractivity contribution is 6.16. The molecule has 0 aromatic heterocycles. The molecule has 1 saturated heterocycles. The van der Waals surface area contributed by atoms with Crippen LogP contribution in [0.15, 0.2) is 24.3 Å². The molecule has 0 radical (unpaired) electrons. The number of unbranched alkanes of at least 4 members (excludes halogenated alkanes) is 1. The third-order valence-electron chi connectivity index (χ3n) is 5.07. The summed E-state index contributed by atoms with van der Waals surface area (Å²) >= 11 is 0. The molecule has 1 aromatic carbocycles. The van der Waals surface area contributed by atoms with Crippen LogP contribution >= 0.6 is 0 Å². The van der Waals surface area contributed by atoms with E-state index in [0.717, 1.165) is 18.4 Å². The summed E-state index contributed by atoms with van der Waals surface area (Å²) in [4.78, 5) is 50.4. The molecule has 0 N–H and O–H groups in total. The summed E-state index contributed by atoms with van der Waals surface area (Å²) in [6, 6.07) is 6.37. The van der Waals surface area contributed by atoms with Crippen LogP contribution in [0.4, 0.5) is 0 Å². The normalized spacial score (nSPS) is 20.2. The van der Waals surface area contributed by atoms with Gasteiger partial charge in [0.2, 0.25) is 18.4 Å². The van der Waals surface area contributed by atoms with Crippen LogP contribution in [0.25, 0.3) is 0 Å². The zero-order chi connectivity index (χ0) is 20.9. The van der Waals surface area contributed by atoms with E-state index in [9.17, 15) is 24.5 Å². The van der Waals surface area contributed by atoms with Gasteiger partial charge in [-0.05, 0) is 24.1 Å². The van der Waals surface area contributed by atoms with Gasteiger partial charge in [0, 0.05) is 11.5 Å². The molecule has 152 valence electrons. The van der Waals surface area contributed by atoms with E-state index in [4.69, 9.17) is 9.47 Å². The second-order valence-corrected chi connectivity index (χ2v) is 6.69. The number of ether oxygens (including phenoxy) is 2. The number of rotatable bonds is 9. The average molecular weight is 392 g/mol. The van der Waals surface area contributed by atoms with Crippen molar-refractivity contribution in [2.75, 3.05) is 27.3 Å². The molecule has 2 rings (SSSR count). The first-order chi connectivity index (χ1) is 13.3. The first-order valence-electron chi connectivity index (χ1n) is 9.00. The van der Waals surface area contributed by atoms with Gasteiger partial charge in [0.05, 0.1) is 26.6 Å². The summed E-state index contributed by atoms with van der Waals surface area (Å²) in [7, 11) is 2.54. The fourth-order valence-electron chi connectivity index (χ4n) is 3.62. The van der Waals surface area contributed by atoms with Gasteiger partial charge < -0.3 is 9.47 Å². The maximum Gasteiger partial charge on any atom is 0.322 e. The molecule has 9 nitrogen and oxygen atoms in total. The lowest BCUT2D eigenvalue weighted by Crippen LogP contribution is -2.47. The Morgan fingerprint density at radius 3 is 2.64 bits per heavy atom. The van der Waals surface area contributed by atoms with Crippen molar-refractivity contribution in [2.24, 2.45) is 5.41 Å². The lowest BCUT2D eigenvalue weighted by Gasteiger charge is -2.30. The van der Waals surface area contributed by atoms with E-state index >= 15 is 0 Å². The number of carbonyl (C=O) groups excluding carboxylic acids is 3. The Hall–Kier alpha value is -2.97. The summed E-state index contributed by atoms with van der Waals surface area (Å²) in [5.74, 6) is -2.97. The monoisotopic (exact) mass is 392 g/mol. The molecule has 1 aliphatic rings. The topological polar surface area (TPSA) is 116 Å². The van der Waals surface area contributed by atoms with Crippen LogP contribution in [0.1, 0.15) is 37.7 Å². The smallest absolute Gasteiger partial charge is 0.322 e. The third-order valence-corrected chi connectivity index (χ3v) is 5.07. The number of nitro groups is 1. The summed E-state index contributed by atoms with van der Waals surface area (Å²) in [6.07, 6.45) is 0.863. The fourth-order valence-corrected chi connectivity index (χ4v) is 3.62. The summed E-state index contributed by atoms with van der Waals surface area (Å²) in [6.45, 7) is 1.36. The largest absolute Gasteiger partial charge is 0.497 e. The maximum absolute atomic E-state index is 13.2. The molecule has 9 heteroatoms. The Balaban J connectivity index is 2.62. The predicted octanol–water partition coefficient (Wildman–Crippen LogP) is 1.77. The van der Waals surface area contributed by atoms with Crippen LogP contribution in [-0.2, 0) is 19.1 Å². The van der Waals surface area contributed by atoms with Gasteiger partial charge in [-0.25, -0.2) is 0 Å². The summed E-state index contributed by atoms with van der Waals surface area (Å²) < 4.78 is 10.0. The number of benzene rings is 1. The van der Waals surface area contributed by atoms with E-state index in [1.165, 1.54) is 13.2 Å². The Morgan fingerprint density at radius 1 is 1.36 bits per heavy atom. The van der Waals surface area contributed by atoms with Crippen molar-refractivity contribution in [3.05, 3.63) is 39.9 Å². The van der Waals surface area contributed by atoms with Crippen LogP contribution in [-0.4, -0.2) is 54.9 Å². The Labute approximate surface area is 162 Å². The number of likely N-dealkylation sites (tertiary alicyclic amines) is 1. The molecule has 2 amide bonds. The summed E-state index contributed by atoms with van der Waals surface area (Å²) in [5, 5.41) is 11.4. The van der Waals surface area contributed by atoms with Crippen molar-refractivity contribution < 1.29 is 28.8 Å². The van der Waals surface area contributed by atoms with Gasteiger partial charge in [0.1, 0.15) is 5.75 Å². The van der Waals surface area contributed by atoms with Gasteiger partial charge in [-0.1, -0.05) is 25.5 Å². The highest BCUT2D eigenvalue weighted by Gasteiger charge is 2.63. The second-order valence-electron chi connectivity index (χ2n) is 6.69. The number of hydrogen-bond acceptors (Lipinski definition) is 7. The molecule has 28 heavy (non-hydrogen) atoms. The van der Waals surface area contributed by atoms with E-state index in [1.54, 1.807) is 18.2 Å². The number of carbonyl (C=O) groups is 3. The third kappa shape index (κ3) is 3.83. The molecule has 0 spiro atoms. The number of amides is 2. The molecule has 0 saturated carbocycles. The van der Waals surface area contributed by atoms with Gasteiger partial charge in [-0.2, -0.15) is 0 Å². The van der Waals surface area contributed by atoms with Gasteiger partial charge in [0.15, 0.2) is 5.41 Å². The molecule has 0 unspecified atom stereocenters. The Kier molecular flexibility index (Phi) is 6.71. The predicted molar refractivity (Wildman–Crippen MR) is 98.3 cm³/mol. The first kappa shape index (κ1) is 21.3. The van der Waals surface area contributed by atoms with E-state index in [-0.39, 0.29) is 6.54 Å². The minimum absolute atomic E-state index is 0.163. The zero-order valence-electron chi connectivity index (χ0n) is 16.2. The van der Waals surface area contributed by atoms with E-state index < -0.39 is 47.0 Å². The first-order valence-corrected chi connectivity index (χ1v) is 9.00. The van der Waals surface area contributed by atoms with Gasteiger partial charge in [0.25, 0.3) is 0 Å². The summed E-state index contributed by atoms with van der Waals surface area (Å²) in [5.41, 5.74) is -1.61. The molecule has 1 heterocycles. The van der Waals surface area contributed by atoms with Crippen LogP contribution < -0.4 is 4.74 Å². The number of methoxy groups -OCH3 is 2. The minimum atomic E-state index is -1.97. The molecular weight excluding hydrogens is 368 g/mol. The molecule has 1 aromatic rings. The Bertz CT molecular complexity index is 779. The quantitative estimate of drug-likeness (QED) is 0.207. The van der Waals surface area contributed by atoms with Crippen LogP contribution in [0.3, 0.4) is 0 Å². The van der Waals surface area contributed by atoms with Crippen molar-refractivity contribution in [1.29, 1.82) is 0 Å². The van der Waals surface area contributed by atoms with Crippen molar-refractivity contribution in [1.82, 2.24) is 4.90 Å². The van der Waals surface area contributed by atoms with Crippen LogP contribution in [0.5, 0.6) is 5.75 Å². The number of hydrogen-bond donors (Lipinski definition) is 0. The Morgan fingerprint density at radius 2 is 2.07 bits per heavy atom. The maximum atomic E-state index is 13.2. The van der Waals surface area contributed by atoms with E-state index in [0.29, 0.717) is 17.7 Å². The number of imide groups is 1. The number of nitrogens with zero attached hydrogens (tertiary/aromatic N) is 2. The fraction of sp³-hybridized carbons (Fsp3) is 0.526. The number of esters is 1. The minimum Gasteiger partial charge on any atom is -0.497 e. The zero-order valence-corrected chi connectivity index (χ0v) is 16.2. The van der Waals surface area contributed by atoms with E-state index in [1.807, 2.05) is 6.92 Å². The highest BCUT2D eigenvalue weighted by Crippen LogP contribution is 2.47. The van der Waals surface area contributed by atoms with Gasteiger partial charge in [-0.3, -0.25) is 29.4 Å². The van der Waals surface area contributed by atoms with Crippen LogP contribution in [0.2, 0.25) is 0 Å². The van der Waals surface area contributed by atoms with Gasteiger partial charge in [-0.15, -0.1) is 0 Å². The standard InChI is InChI=1S/C19H24N2O7/c1-4-5-9-20-16(22)11-19(17(20)23,18(24)28-3)15(12-21(25)26)13-7-6-8-14(10-13)27-2/h6-8,10,15H,4-5,9,11-12H2,1-3H3/t15-,19+/m0/s1.